The van der Waals surface area contributed by atoms with Gasteiger partial charge in [0.05, 0.1) is 5.69 Å². The molecule has 0 aliphatic carbocycles. The Balaban J connectivity index is 2.38. The van der Waals surface area contributed by atoms with Gasteiger partial charge in [-0.05, 0) is 20.8 Å². The zero-order valence-electron chi connectivity index (χ0n) is 9.31. The number of nitrogens with one attached hydrogen (secondary N) is 1. The number of carbonyl (C=O) groups excluding carboxylic acids is 1. The number of amides is 1. The molecule has 2 heterocycles. The Kier molecular flexibility index (Phi) is 2.74. The van der Waals surface area contributed by atoms with E-state index in [0.29, 0.717) is 11.4 Å². The van der Waals surface area contributed by atoms with Crippen LogP contribution in [-0.2, 0) is 0 Å². The predicted octanol–water partition coefficient (Wildman–Crippen LogP) is 1.83. The molecule has 0 bridgehead atoms. The minimum Gasteiger partial charge on any atom is -0.286 e. The van der Waals surface area contributed by atoms with Crippen molar-refractivity contribution in [1.29, 1.82) is 0 Å². The van der Waals surface area contributed by atoms with E-state index in [2.05, 4.69) is 15.5 Å². The Bertz CT molecular complexity index is 562. The number of nitrogens with zero attached hydrogens (tertiary/aromatic N) is 3. The maximum atomic E-state index is 11.9. The van der Waals surface area contributed by atoms with Gasteiger partial charge in [-0.15, -0.1) is 11.3 Å². The molecule has 2 aromatic heterocycles. The fourth-order valence-corrected chi connectivity index (χ4v) is 2.14. The highest BCUT2D eigenvalue weighted by Crippen LogP contribution is 2.16. The SMILES string of the molecule is CC(C)=NNC(=O)c1c(C)nc2sccn12. The summed E-state index contributed by atoms with van der Waals surface area (Å²) >= 11 is 1.50. The van der Waals surface area contributed by atoms with Crippen molar-refractivity contribution >= 4 is 27.9 Å². The molecule has 0 aromatic carbocycles. The van der Waals surface area contributed by atoms with Crippen LogP contribution in [0.5, 0.6) is 0 Å². The van der Waals surface area contributed by atoms with Gasteiger partial charge in [0.1, 0.15) is 5.69 Å². The lowest BCUT2D eigenvalue weighted by Gasteiger charge is -1.99. The van der Waals surface area contributed by atoms with Gasteiger partial charge in [-0.3, -0.25) is 9.20 Å². The van der Waals surface area contributed by atoms with Gasteiger partial charge in [-0.1, -0.05) is 0 Å². The summed E-state index contributed by atoms with van der Waals surface area (Å²) in [5.41, 5.74) is 4.56. The first kappa shape index (κ1) is 10.8. The topological polar surface area (TPSA) is 58.8 Å². The highest BCUT2D eigenvalue weighted by Gasteiger charge is 2.16. The van der Waals surface area contributed by atoms with Gasteiger partial charge in [0.25, 0.3) is 5.91 Å². The van der Waals surface area contributed by atoms with E-state index < -0.39 is 0 Å². The quantitative estimate of drug-likeness (QED) is 0.638. The van der Waals surface area contributed by atoms with Crippen LogP contribution < -0.4 is 5.43 Å². The number of aromatic nitrogens is 2. The second-order valence-corrected chi connectivity index (χ2v) is 4.47. The van der Waals surface area contributed by atoms with E-state index in [9.17, 15) is 4.79 Å². The van der Waals surface area contributed by atoms with Gasteiger partial charge >= 0.3 is 0 Å². The standard InChI is InChI=1S/C10H12N4OS/c1-6(2)12-13-9(15)8-7(3)11-10-14(8)4-5-16-10/h4-5H,1-3H3,(H,13,15). The fourth-order valence-electron chi connectivity index (χ4n) is 1.38. The van der Waals surface area contributed by atoms with Gasteiger partial charge in [0.2, 0.25) is 0 Å². The Labute approximate surface area is 96.8 Å². The van der Waals surface area contributed by atoms with E-state index in [-0.39, 0.29) is 5.91 Å². The monoisotopic (exact) mass is 236 g/mol. The largest absolute Gasteiger partial charge is 0.290 e. The van der Waals surface area contributed by atoms with Gasteiger partial charge in [0, 0.05) is 17.3 Å². The smallest absolute Gasteiger partial charge is 0.286 e. The van der Waals surface area contributed by atoms with Crippen molar-refractivity contribution in [1.82, 2.24) is 14.8 Å². The lowest BCUT2D eigenvalue weighted by Crippen LogP contribution is -2.21. The van der Waals surface area contributed by atoms with Gasteiger partial charge < -0.3 is 0 Å². The number of fused-ring (bicyclic) bond motifs is 1. The number of hydrogen-bond donors (Lipinski definition) is 1. The van der Waals surface area contributed by atoms with E-state index in [4.69, 9.17) is 0 Å². The number of hydrazone groups is 1. The third kappa shape index (κ3) is 1.83. The van der Waals surface area contributed by atoms with E-state index in [1.54, 1.807) is 4.40 Å². The predicted molar refractivity (Wildman–Crippen MR) is 64.1 cm³/mol. The van der Waals surface area contributed by atoms with Gasteiger partial charge in [0.15, 0.2) is 4.96 Å². The fraction of sp³-hybridized carbons (Fsp3) is 0.300. The maximum absolute atomic E-state index is 11.9. The van der Waals surface area contributed by atoms with Gasteiger partial charge in [-0.25, -0.2) is 10.4 Å². The molecule has 0 aliphatic rings. The van der Waals surface area contributed by atoms with Crippen LogP contribution in [-0.4, -0.2) is 21.0 Å². The molecule has 0 saturated heterocycles. The van der Waals surface area contributed by atoms with Crippen LogP contribution in [0.4, 0.5) is 0 Å². The zero-order chi connectivity index (χ0) is 11.7. The number of imidazole rings is 1. The zero-order valence-corrected chi connectivity index (χ0v) is 10.1. The Morgan fingerprint density at radius 2 is 2.31 bits per heavy atom. The summed E-state index contributed by atoms with van der Waals surface area (Å²) < 4.78 is 1.77. The van der Waals surface area contributed by atoms with Gasteiger partial charge in [-0.2, -0.15) is 5.10 Å². The second kappa shape index (κ2) is 4.05. The molecular weight excluding hydrogens is 224 g/mol. The number of carbonyl (C=O) groups is 1. The highest BCUT2D eigenvalue weighted by atomic mass is 32.1. The van der Waals surface area contributed by atoms with Crippen molar-refractivity contribution in [3.05, 3.63) is 23.0 Å². The molecule has 16 heavy (non-hydrogen) atoms. The first-order valence-corrected chi connectivity index (χ1v) is 5.71. The maximum Gasteiger partial charge on any atom is 0.290 e. The molecule has 0 fully saturated rings. The summed E-state index contributed by atoms with van der Waals surface area (Å²) in [7, 11) is 0. The molecule has 1 amide bonds. The molecule has 2 aromatic rings. The molecule has 2 rings (SSSR count). The van der Waals surface area contributed by atoms with Crippen LogP contribution >= 0.6 is 11.3 Å². The first-order chi connectivity index (χ1) is 7.59. The van der Waals surface area contributed by atoms with Crippen molar-refractivity contribution in [2.45, 2.75) is 20.8 Å². The molecule has 0 spiro atoms. The summed E-state index contributed by atoms with van der Waals surface area (Å²) in [6.45, 7) is 5.46. The minimum atomic E-state index is -0.232. The molecule has 0 unspecified atom stereocenters. The van der Waals surface area contributed by atoms with Crippen molar-refractivity contribution in [3.8, 4) is 0 Å². The van der Waals surface area contributed by atoms with Crippen LogP contribution in [0, 0.1) is 6.92 Å². The average molecular weight is 236 g/mol. The third-order valence-electron chi connectivity index (χ3n) is 2.03. The summed E-state index contributed by atoms with van der Waals surface area (Å²) in [4.78, 5) is 17.0. The summed E-state index contributed by atoms with van der Waals surface area (Å²) in [6.07, 6.45) is 1.83. The number of rotatable bonds is 2. The number of hydrogen-bond acceptors (Lipinski definition) is 4. The molecule has 5 nitrogen and oxygen atoms in total. The molecule has 0 radical (unpaired) electrons. The number of aryl methyl sites for hydroxylation is 1. The van der Waals surface area contributed by atoms with Crippen LogP contribution in [0.15, 0.2) is 16.7 Å². The Morgan fingerprint density at radius 3 is 3.00 bits per heavy atom. The van der Waals surface area contributed by atoms with Crippen molar-refractivity contribution < 1.29 is 4.79 Å². The lowest BCUT2D eigenvalue weighted by molar-refractivity contribution is 0.0948. The second-order valence-electron chi connectivity index (χ2n) is 3.60. The minimum absolute atomic E-state index is 0.232. The normalized spacial score (nSPS) is 10.4. The molecule has 6 heteroatoms. The van der Waals surface area contributed by atoms with E-state index in [1.807, 2.05) is 32.3 Å². The molecule has 84 valence electrons. The molecule has 0 atom stereocenters. The molecule has 0 aliphatic heterocycles. The summed E-state index contributed by atoms with van der Waals surface area (Å²) in [6, 6.07) is 0. The average Bonchev–Trinajstić information content (AvgIpc) is 2.73. The van der Waals surface area contributed by atoms with Crippen LogP contribution in [0.3, 0.4) is 0 Å². The van der Waals surface area contributed by atoms with E-state index >= 15 is 0 Å². The lowest BCUT2D eigenvalue weighted by atomic mass is 10.3. The van der Waals surface area contributed by atoms with E-state index in [1.165, 1.54) is 11.3 Å². The Morgan fingerprint density at radius 1 is 1.56 bits per heavy atom. The van der Waals surface area contributed by atoms with Crippen molar-refractivity contribution in [3.63, 3.8) is 0 Å². The van der Waals surface area contributed by atoms with E-state index in [0.717, 1.165) is 10.7 Å². The van der Waals surface area contributed by atoms with Crippen LogP contribution in [0.2, 0.25) is 0 Å². The van der Waals surface area contributed by atoms with Crippen molar-refractivity contribution in [2.24, 2.45) is 5.10 Å². The Hall–Kier alpha value is -1.69. The molecule has 0 saturated carbocycles. The van der Waals surface area contributed by atoms with Crippen molar-refractivity contribution in [2.75, 3.05) is 0 Å². The number of thiazole rings is 1. The molecular formula is C10H12N4OS. The third-order valence-corrected chi connectivity index (χ3v) is 2.79. The first-order valence-electron chi connectivity index (χ1n) is 4.83. The highest BCUT2D eigenvalue weighted by molar-refractivity contribution is 7.15. The summed E-state index contributed by atoms with van der Waals surface area (Å²) in [5, 5.41) is 5.79. The van der Waals surface area contributed by atoms with Crippen LogP contribution in [0.25, 0.3) is 4.96 Å². The summed E-state index contributed by atoms with van der Waals surface area (Å²) in [5.74, 6) is -0.232. The van der Waals surface area contributed by atoms with Crippen LogP contribution in [0.1, 0.15) is 30.0 Å². The molecule has 1 N–H and O–H groups in total.